The Morgan fingerprint density at radius 3 is 1.68 bits per heavy atom. The zero-order valence-electron chi connectivity index (χ0n) is 18.5. The Labute approximate surface area is 189 Å². The first kappa shape index (κ1) is 26.1. The Kier molecular flexibility index (Phi) is 8.21. The summed E-state index contributed by atoms with van der Waals surface area (Å²) in [5, 5.41) is 21.5. The van der Waals surface area contributed by atoms with Crippen molar-refractivity contribution in [2.24, 2.45) is 11.5 Å². The Bertz CT molecular complexity index is 1330. The first-order valence-corrected chi connectivity index (χ1v) is 9.83. The number of carboxylic acids is 2. The van der Waals surface area contributed by atoms with Gasteiger partial charge >= 0.3 is 11.9 Å². The summed E-state index contributed by atoms with van der Waals surface area (Å²) in [5.74, 6) is -1.34. The molecule has 0 aliphatic carbocycles. The first-order valence-electron chi connectivity index (χ1n) is 9.83. The van der Waals surface area contributed by atoms with E-state index in [2.05, 4.69) is 14.8 Å². The molecule has 15 nitrogen and oxygen atoms in total. The molecule has 0 spiro atoms. The molecular formula is C19H25N5O10. The highest BCUT2D eigenvalue weighted by Crippen LogP contribution is 2.09. The van der Waals surface area contributed by atoms with Crippen LogP contribution in [0.5, 0.6) is 0 Å². The topological polar surface area (TPSA) is 254 Å². The maximum atomic E-state index is 12.2. The third-order valence-corrected chi connectivity index (χ3v) is 4.93. The van der Waals surface area contributed by atoms with Crippen molar-refractivity contribution in [1.82, 2.24) is 15.1 Å². The smallest absolute Gasteiger partial charge is 0.320 e. The number of carboxylic acid groups (broad SMARTS) is 2. The van der Waals surface area contributed by atoms with Crippen LogP contribution in [0.3, 0.4) is 0 Å². The molecule has 0 radical (unpaired) electrons. The monoisotopic (exact) mass is 483 g/mol. The molecule has 3 rings (SSSR count). The predicted octanol–water partition coefficient (Wildman–Crippen LogP) is -1.43. The zero-order chi connectivity index (χ0) is 25.7. The molecule has 0 aliphatic rings. The number of hydrogen-bond donors (Lipinski definition) is 6. The van der Waals surface area contributed by atoms with E-state index in [1.807, 2.05) is 0 Å². The highest BCUT2D eigenvalue weighted by Gasteiger charge is 2.22. The van der Waals surface area contributed by atoms with Gasteiger partial charge in [-0.2, -0.15) is 15.1 Å². The summed E-state index contributed by atoms with van der Waals surface area (Å²) in [5.41, 5.74) is 10.0. The number of carbonyl (C=O) groups is 2. The highest BCUT2D eigenvalue weighted by atomic mass is 16.5. The van der Waals surface area contributed by atoms with Crippen molar-refractivity contribution in [2.75, 3.05) is 0 Å². The van der Waals surface area contributed by atoms with Gasteiger partial charge in [-0.3, -0.25) is 24.0 Å². The standard InChI is InChI=1S/C12H15N3O6.C7H10N2O4/c1-5-8(10(16)14-20-5)4-15-11(17)7(6(2)21-15)3-9(13)12(18)19;1-3-4(6(10)9-13-3)2-5(8)7(11)12/h9H,3-4,13H2,1-2H3,(H,14,16)(H,18,19);5H,2,8H2,1H3,(H,9,10)(H,11,12). The van der Waals surface area contributed by atoms with E-state index in [1.165, 1.54) is 6.92 Å². The van der Waals surface area contributed by atoms with Crippen LogP contribution in [0.15, 0.2) is 28.0 Å². The van der Waals surface area contributed by atoms with Crippen LogP contribution in [-0.4, -0.2) is 49.3 Å². The normalized spacial score (nSPS) is 12.6. The van der Waals surface area contributed by atoms with Gasteiger partial charge in [-0.25, -0.2) is 0 Å². The van der Waals surface area contributed by atoms with Crippen LogP contribution in [0.4, 0.5) is 0 Å². The number of aromatic amines is 2. The number of H-pyrrole nitrogens is 2. The van der Waals surface area contributed by atoms with Gasteiger partial charge in [-0.05, 0) is 20.8 Å². The van der Waals surface area contributed by atoms with E-state index in [0.717, 1.165) is 4.74 Å². The fourth-order valence-corrected chi connectivity index (χ4v) is 2.89. The Hall–Kier alpha value is -4.11. The molecule has 8 N–H and O–H groups in total. The fraction of sp³-hybridized carbons (Fsp3) is 0.421. The maximum absolute atomic E-state index is 12.2. The summed E-state index contributed by atoms with van der Waals surface area (Å²) in [6.07, 6.45) is -0.162. The highest BCUT2D eigenvalue weighted by molar-refractivity contribution is 5.73. The van der Waals surface area contributed by atoms with Gasteiger partial charge in [0.15, 0.2) is 0 Å². The summed E-state index contributed by atoms with van der Waals surface area (Å²) < 4.78 is 15.8. The van der Waals surface area contributed by atoms with E-state index in [9.17, 15) is 24.0 Å². The molecule has 15 heteroatoms. The fourth-order valence-electron chi connectivity index (χ4n) is 2.89. The average molecular weight is 483 g/mol. The van der Waals surface area contributed by atoms with Crippen molar-refractivity contribution in [1.29, 1.82) is 0 Å². The van der Waals surface area contributed by atoms with Crippen molar-refractivity contribution < 1.29 is 33.4 Å². The van der Waals surface area contributed by atoms with Crippen molar-refractivity contribution in [2.45, 2.75) is 52.2 Å². The van der Waals surface area contributed by atoms with E-state index >= 15 is 0 Å². The number of aromatic nitrogens is 3. The van der Waals surface area contributed by atoms with E-state index in [0.29, 0.717) is 11.5 Å². The van der Waals surface area contributed by atoms with Gasteiger partial charge in [-0.1, -0.05) is 0 Å². The molecule has 0 saturated heterocycles. The quantitative estimate of drug-likeness (QED) is 0.216. The van der Waals surface area contributed by atoms with Crippen LogP contribution in [0.25, 0.3) is 0 Å². The predicted molar refractivity (Wildman–Crippen MR) is 114 cm³/mol. The lowest BCUT2D eigenvalue weighted by atomic mass is 10.1. The van der Waals surface area contributed by atoms with E-state index < -0.39 is 40.7 Å². The van der Waals surface area contributed by atoms with Gasteiger partial charge in [0.25, 0.3) is 16.7 Å². The van der Waals surface area contributed by atoms with Crippen LogP contribution in [0.1, 0.15) is 34.0 Å². The SMILES string of the molecule is Cc1o[nH]c(=O)c1CC(N)C(=O)O.Cc1o[nH]c(=O)c1Cn1oc(C)c(CC(N)C(=O)O)c1=O. The molecule has 3 heterocycles. The lowest BCUT2D eigenvalue weighted by Crippen LogP contribution is -2.34. The molecule has 0 aliphatic heterocycles. The van der Waals surface area contributed by atoms with Crippen LogP contribution in [0, 0.1) is 20.8 Å². The number of hydrogen-bond acceptors (Lipinski definition) is 10. The minimum atomic E-state index is -1.20. The van der Waals surface area contributed by atoms with Crippen LogP contribution in [0.2, 0.25) is 0 Å². The Morgan fingerprint density at radius 1 is 0.824 bits per heavy atom. The van der Waals surface area contributed by atoms with Crippen molar-refractivity contribution in [3.63, 3.8) is 0 Å². The molecule has 186 valence electrons. The van der Waals surface area contributed by atoms with Gasteiger partial charge in [-0.15, -0.1) is 0 Å². The lowest BCUT2D eigenvalue weighted by Gasteiger charge is -2.02. The third-order valence-electron chi connectivity index (χ3n) is 4.93. The number of nitrogens with two attached hydrogens (primary N) is 2. The molecule has 0 aromatic carbocycles. The molecule has 0 saturated carbocycles. The average Bonchev–Trinajstić information content (AvgIpc) is 3.35. The third kappa shape index (κ3) is 6.02. The van der Waals surface area contributed by atoms with Gasteiger partial charge < -0.3 is 35.2 Å². The number of aliphatic carboxylic acids is 2. The van der Waals surface area contributed by atoms with Crippen molar-refractivity contribution in [3.8, 4) is 0 Å². The Morgan fingerprint density at radius 2 is 1.26 bits per heavy atom. The minimum absolute atomic E-state index is 0.0208. The molecule has 34 heavy (non-hydrogen) atoms. The van der Waals surface area contributed by atoms with Gasteiger partial charge in [0.05, 0.1) is 23.2 Å². The number of aryl methyl sites for hydroxylation is 3. The summed E-state index contributed by atoms with van der Waals surface area (Å²) >= 11 is 0. The van der Waals surface area contributed by atoms with E-state index in [-0.39, 0.29) is 41.8 Å². The van der Waals surface area contributed by atoms with Gasteiger partial charge in [0, 0.05) is 12.8 Å². The number of nitrogens with zero attached hydrogens (tertiary/aromatic N) is 1. The number of nitrogens with one attached hydrogen (secondary N) is 2. The molecule has 2 atom stereocenters. The Balaban J connectivity index is 0.000000270. The number of rotatable bonds is 8. The van der Waals surface area contributed by atoms with Gasteiger partial charge in [0.2, 0.25) is 0 Å². The van der Waals surface area contributed by atoms with Crippen LogP contribution >= 0.6 is 0 Å². The maximum Gasteiger partial charge on any atom is 0.320 e. The van der Waals surface area contributed by atoms with Crippen molar-refractivity contribution in [3.05, 3.63) is 65.0 Å². The van der Waals surface area contributed by atoms with E-state index in [1.54, 1.807) is 13.8 Å². The summed E-state index contributed by atoms with van der Waals surface area (Å²) in [7, 11) is 0. The summed E-state index contributed by atoms with van der Waals surface area (Å²) in [6.45, 7) is 4.59. The first-order chi connectivity index (χ1) is 15.8. The second kappa shape index (κ2) is 10.7. The molecule has 0 amide bonds. The molecule has 2 unspecified atom stereocenters. The lowest BCUT2D eigenvalue weighted by molar-refractivity contribution is -0.139. The molecular weight excluding hydrogens is 458 g/mol. The summed E-state index contributed by atoms with van der Waals surface area (Å²) in [4.78, 5) is 55.8. The zero-order valence-corrected chi connectivity index (χ0v) is 18.5. The molecule has 0 fully saturated rings. The van der Waals surface area contributed by atoms with Crippen LogP contribution < -0.4 is 28.1 Å². The van der Waals surface area contributed by atoms with Crippen molar-refractivity contribution >= 4 is 11.9 Å². The van der Waals surface area contributed by atoms with Crippen LogP contribution in [-0.2, 0) is 29.0 Å². The second-order valence-electron chi connectivity index (χ2n) is 7.40. The molecule has 3 aromatic heterocycles. The largest absolute Gasteiger partial charge is 0.480 e. The summed E-state index contributed by atoms with van der Waals surface area (Å²) in [6, 6.07) is -2.26. The molecule has 0 bridgehead atoms. The second-order valence-corrected chi connectivity index (χ2v) is 7.40. The van der Waals surface area contributed by atoms with Gasteiger partial charge in [0.1, 0.15) is 29.4 Å². The minimum Gasteiger partial charge on any atom is -0.480 e. The molecule has 3 aromatic rings. The van der Waals surface area contributed by atoms with E-state index in [4.69, 9.17) is 30.7 Å².